The summed E-state index contributed by atoms with van der Waals surface area (Å²) in [7, 11) is 0. The maximum absolute atomic E-state index is 11.9. The molecule has 3 atom stereocenters. The van der Waals surface area contributed by atoms with Gasteiger partial charge in [0.05, 0.1) is 0 Å². The van der Waals surface area contributed by atoms with Crippen molar-refractivity contribution in [1.29, 1.82) is 0 Å². The summed E-state index contributed by atoms with van der Waals surface area (Å²) in [4.78, 5) is 11.9. The van der Waals surface area contributed by atoms with Gasteiger partial charge in [0.15, 0.2) is 0 Å². The molecule has 96 valence electrons. The Morgan fingerprint density at radius 2 is 2.06 bits per heavy atom. The van der Waals surface area contributed by atoms with Gasteiger partial charge in [-0.25, -0.2) is 0 Å². The van der Waals surface area contributed by atoms with E-state index in [1.54, 1.807) is 0 Å². The van der Waals surface area contributed by atoms with E-state index in [1.165, 1.54) is 19.3 Å². The van der Waals surface area contributed by atoms with Crippen LogP contribution in [-0.4, -0.2) is 18.0 Å². The molecule has 1 amide bonds. The molecule has 3 unspecified atom stereocenters. The predicted molar refractivity (Wildman–Crippen MR) is 69.5 cm³/mol. The van der Waals surface area contributed by atoms with Crippen LogP contribution in [0.25, 0.3) is 0 Å². The molecule has 2 rings (SSSR count). The Bertz CT molecular complexity index is 288. The Kier molecular flexibility index (Phi) is 4.60. The lowest BCUT2D eigenvalue weighted by Crippen LogP contribution is -2.47. The zero-order valence-electron chi connectivity index (χ0n) is 10.5. The molecule has 2 aliphatic carbocycles. The quantitative estimate of drug-likeness (QED) is 0.582. The summed E-state index contributed by atoms with van der Waals surface area (Å²) >= 11 is 0. The number of carbonyl (C=O) groups excluding carboxylic acids is 1. The van der Waals surface area contributed by atoms with Gasteiger partial charge in [-0.15, -0.1) is 0 Å². The molecule has 0 radical (unpaired) electrons. The SMILES string of the molecule is NC1CCCCCC1NC(=O)CC1C=CCC1. The predicted octanol–water partition coefficient (Wildman–Crippen LogP) is 2.12. The van der Waals surface area contributed by atoms with Crippen molar-refractivity contribution in [3.05, 3.63) is 12.2 Å². The van der Waals surface area contributed by atoms with Gasteiger partial charge in [-0.05, 0) is 31.6 Å². The molecule has 0 aromatic carbocycles. The highest BCUT2D eigenvalue weighted by Gasteiger charge is 2.23. The largest absolute Gasteiger partial charge is 0.352 e. The van der Waals surface area contributed by atoms with Crippen LogP contribution in [0.3, 0.4) is 0 Å². The monoisotopic (exact) mass is 236 g/mol. The second-order valence-electron chi connectivity index (χ2n) is 5.45. The second kappa shape index (κ2) is 6.20. The van der Waals surface area contributed by atoms with Crippen LogP contribution in [0.4, 0.5) is 0 Å². The van der Waals surface area contributed by atoms with Gasteiger partial charge in [-0.2, -0.15) is 0 Å². The van der Waals surface area contributed by atoms with Crippen molar-refractivity contribution in [1.82, 2.24) is 5.32 Å². The Balaban J connectivity index is 1.77. The lowest BCUT2D eigenvalue weighted by molar-refractivity contribution is -0.122. The number of amides is 1. The van der Waals surface area contributed by atoms with E-state index >= 15 is 0 Å². The first kappa shape index (κ1) is 12.6. The van der Waals surface area contributed by atoms with Crippen LogP contribution in [0.2, 0.25) is 0 Å². The van der Waals surface area contributed by atoms with Crippen LogP contribution in [0, 0.1) is 5.92 Å². The number of rotatable bonds is 3. The first-order valence-corrected chi connectivity index (χ1v) is 6.97. The van der Waals surface area contributed by atoms with E-state index in [4.69, 9.17) is 5.73 Å². The van der Waals surface area contributed by atoms with Gasteiger partial charge in [-0.3, -0.25) is 4.79 Å². The molecule has 0 bridgehead atoms. The van der Waals surface area contributed by atoms with Crippen molar-refractivity contribution in [3.8, 4) is 0 Å². The fraction of sp³-hybridized carbons (Fsp3) is 0.786. The maximum Gasteiger partial charge on any atom is 0.220 e. The average molecular weight is 236 g/mol. The molecular formula is C14H24N2O. The van der Waals surface area contributed by atoms with Gasteiger partial charge in [0.25, 0.3) is 0 Å². The summed E-state index contributed by atoms with van der Waals surface area (Å²) < 4.78 is 0. The molecule has 3 nitrogen and oxygen atoms in total. The maximum atomic E-state index is 11.9. The van der Waals surface area contributed by atoms with Crippen LogP contribution in [0.15, 0.2) is 12.2 Å². The molecule has 2 aliphatic rings. The third-order valence-electron chi connectivity index (χ3n) is 3.98. The molecule has 0 heterocycles. The number of nitrogens with one attached hydrogen (secondary N) is 1. The summed E-state index contributed by atoms with van der Waals surface area (Å²) in [5.41, 5.74) is 6.11. The minimum Gasteiger partial charge on any atom is -0.352 e. The minimum absolute atomic E-state index is 0.153. The lowest BCUT2D eigenvalue weighted by Gasteiger charge is -2.23. The highest BCUT2D eigenvalue weighted by molar-refractivity contribution is 5.76. The zero-order valence-corrected chi connectivity index (χ0v) is 10.5. The Morgan fingerprint density at radius 3 is 2.82 bits per heavy atom. The number of allylic oxidation sites excluding steroid dienone is 2. The molecule has 1 saturated carbocycles. The minimum atomic E-state index is 0.153. The van der Waals surface area contributed by atoms with Crippen LogP contribution in [-0.2, 0) is 4.79 Å². The highest BCUT2D eigenvalue weighted by Crippen LogP contribution is 2.21. The van der Waals surface area contributed by atoms with Crippen molar-refractivity contribution in [3.63, 3.8) is 0 Å². The molecule has 1 fully saturated rings. The van der Waals surface area contributed by atoms with E-state index in [0.29, 0.717) is 12.3 Å². The number of hydrogen-bond acceptors (Lipinski definition) is 2. The topological polar surface area (TPSA) is 55.1 Å². The van der Waals surface area contributed by atoms with E-state index in [9.17, 15) is 4.79 Å². The van der Waals surface area contributed by atoms with Crippen LogP contribution >= 0.6 is 0 Å². The van der Waals surface area contributed by atoms with E-state index in [0.717, 1.165) is 25.7 Å². The third-order valence-corrected chi connectivity index (χ3v) is 3.98. The molecule has 0 aromatic heterocycles. The van der Waals surface area contributed by atoms with Gasteiger partial charge in [0.2, 0.25) is 5.91 Å². The van der Waals surface area contributed by atoms with Gasteiger partial charge < -0.3 is 11.1 Å². The Morgan fingerprint density at radius 1 is 1.24 bits per heavy atom. The molecule has 0 spiro atoms. The summed E-state index contributed by atoms with van der Waals surface area (Å²) in [6.45, 7) is 0. The lowest BCUT2D eigenvalue weighted by atomic mass is 10.0. The molecule has 17 heavy (non-hydrogen) atoms. The van der Waals surface area contributed by atoms with Gasteiger partial charge in [0, 0.05) is 18.5 Å². The molecule has 3 N–H and O–H groups in total. The van der Waals surface area contributed by atoms with E-state index < -0.39 is 0 Å². The Labute approximate surface area is 104 Å². The average Bonchev–Trinajstić information content (AvgIpc) is 2.71. The van der Waals surface area contributed by atoms with Crippen molar-refractivity contribution in [2.45, 2.75) is 63.5 Å². The zero-order chi connectivity index (χ0) is 12.1. The van der Waals surface area contributed by atoms with Gasteiger partial charge in [-0.1, -0.05) is 31.4 Å². The van der Waals surface area contributed by atoms with Gasteiger partial charge >= 0.3 is 0 Å². The summed E-state index contributed by atoms with van der Waals surface area (Å²) in [5, 5.41) is 3.14. The first-order valence-electron chi connectivity index (χ1n) is 6.97. The molecule has 0 saturated heterocycles. The van der Waals surface area contributed by atoms with Gasteiger partial charge in [0.1, 0.15) is 0 Å². The summed E-state index contributed by atoms with van der Waals surface area (Å²) in [5.74, 6) is 0.640. The van der Waals surface area contributed by atoms with Crippen molar-refractivity contribution >= 4 is 5.91 Å². The second-order valence-corrected chi connectivity index (χ2v) is 5.45. The van der Waals surface area contributed by atoms with Crippen LogP contribution < -0.4 is 11.1 Å². The first-order chi connectivity index (χ1) is 8.25. The molecule has 0 aromatic rings. The summed E-state index contributed by atoms with van der Waals surface area (Å²) in [6.07, 6.45) is 13.0. The van der Waals surface area contributed by atoms with E-state index in [2.05, 4.69) is 17.5 Å². The molecular weight excluding hydrogens is 212 g/mol. The summed E-state index contributed by atoms with van der Waals surface area (Å²) in [6, 6.07) is 0.357. The number of carbonyl (C=O) groups is 1. The molecule has 3 heteroatoms. The molecule has 0 aliphatic heterocycles. The third kappa shape index (κ3) is 3.84. The van der Waals surface area contributed by atoms with Crippen LogP contribution in [0.5, 0.6) is 0 Å². The van der Waals surface area contributed by atoms with E-state index in [1.807, 2.05) is 0 Å². The van der Waals surface area contributed by atoms with Crippen molar-refractivity contribution < 1.29 is 4.79 Å². The standard InChI is InChI=1S/C14H24N2O/c15-12-8-2-1-3-9-13(12)16-14(17)10-11-6-4-5-7-11/h4,6,11-13H,1-3,5,7-10,15H2,(H,16,17). The van der Waals surface area contributed by atoms with Crippen molar-refractivity contribution in [2.75, 3.05) is 0 Å². The van der Waals surface area contributed by atoms with E-state index in [-0.39, 0.29) is 18.0 Å². The normalized spacial score (nSPS) is 33.4. The fourth-order valence-electron chi connectivity index (χ4n) is 2.88. The highest BCUT2D eigenvalue weighted by atomic mass is 16.1. The Hall–Kier alpha value is -0.830. The van der Waals surface area contributed by atoms with Crippen molar-refractivity contribution in [2.24, 2.45) is 11.7 Å². The smallest absolute Gasteiger partial charge is 0.220 e. The fourth-order valence-corrected chi connectivity index (χ4v) is 2.88. The number of hydrogen-bond donors (Lipinski definition) is 2. The number of nitrogens with two attached hydrogens (primary N) is 1. The van der Waals surface area contributed by atoms with Crippen LogP contribution in [0.1, 0.15) is 51.4 Å².